The maximum absolute atomic E-state index is 12.5. The molecule has 0 aliphatic heterocycles. The van der Waals surface area contributed by atoms with Gasteiger partial charge in [-0.1, -0.05) is 134 Å². The Morgan fingerprint density at radius 1 is 0.700 bits per heavy atom. The van der Waals surface area contributed by atoms with Crippen molar-refractivity contribution in [2.45, 2.75) is 136 Å². The molecule has 0 atom stereocenters. The molecule has 220 valence electrons. The lowest BCUT2D eigenvalue weighted by Gasteiger charge is -2.10. The van der Waals surface area contributed by atoms with Gasteiger partial charge in [0.25, 0.3) is 5.91 Å². The van der Waals surface area contributed by atoms with E-state index in [4.69, 9.17) is 4.98 Å². The van der Waals surface area contributed by atoms with Crippen molar-refractivity contribution in [2.24, 2.45) is 0 Å². The first kappa shape index (κ1) is 31.9. The SMILES string of the molecule is CCCCCCCCCCCCCCCCCCn1c(CCCNC(=O)c2ccccc2C)nc2ccccc21. The first-order valence-corrected chi connectivity index (χ1v) is 16.5. The van der Waals surface area contributed by atoms with Crippen LogP contribution in [0, 0.1) is 6.92 Å². The van der Waals surface area contributed by atoms with Gasteiger partial charge >= 0.3 is 0 Å². The third-order valence-electron chi connectivity index (χ3n) is 8.22. The summed E-state index contributed by atoms with van der Waals surface area (Å²) in [5.74, 6) is 1.16. The van der Waals surface area contributed by atoms with E-state index in [0.717, 1.165) is 41.9 Å². The minimum Gasteiger partial charge on any atom is -0.352 e. The van der Waals surface area contributed by atoms with Gasteiger partial charge in [-0.3, -0.25) is 4.79 Å². The second-order valence-corrected chi connectivity index (χ2v) is 11.6. The Morgan fingerprint density at radius 2 is 1.25 bits per heavy atom. The van der Waals surface area contributed by atoms with Crippen LogP contribution in [-0.4, -0.2) is 22.0 Å². The second-order valence-electron chi connectivity index (χ2n) is 11.6. The summed E-state index contributed by atoms with van der Waals surface area (Å²) >= 11 is 0. The zero-order valence-corrected chi connectivity index (χ0v) is 25.6. The number of nitrogens with zero attached hydrogens (tertiary/aromatic N) is 2. The predicted octanol–water partition coefficient (Wildman–Crippen LogP) is 9.97. The lowest BCUT2D eigenvalue weighted by molar-refractivity contribution is 0.0952. The molecule has 0 spiro atoms. The van der Waals surface area contributed by atoms with E-state index in [2.05, 4.69) is 41.1 Å². The zero-order valence-electron chi connectivity index (χ0n) is 25.6. The Bertz CT molecular complexity index is 1100. The van der Waals surface area contributed by atoms with Crippen molar-refractivity contribution in [1.29, 1.82) is 0 Å². The van der Waals surface area contributed by atoms with Crippen molar-refractivity contribution in [3.8, 4) is 0 Å². The van der Waals surface area contributed by atoms with Crippen LogP contribution in [0.4, 0.5) is 0 Å². The van der Waals surface area contributed by atoms with E-state index in [0.29, 0.717) is 6.54 Å². The van der Waals surface area contributed by atoms with Crippen LogP contribution in [0.5, 0.6) is 0 Å². The van der Waals surface area contributed by atoms with Crippen molar-refractivity contribution in [2.75, 3.05) is 6.54 Å². The van der Waals surface area contributed by atoms with Crippen LogP contribution in [0.1, 0.15) is 138 Å². The van der Waals surface area contributed by atoms with Gasteiger partial charge < -0.3 is 9.88 Å². The number of hydrogen-bond donors (Lipinski definition) is 1. The van der Waals surface area contributed by atoms with Gasteiger partial charge in [0, 0.05) is 25.1 Å². The van der Waals surface area contributed by atoms with Crippen molar-refractivity contribution in [1.82, 2.24) is 14.9 Å². The molecule has 0 bridgehead atoms. The lowest BCUT2D eigenvalue weighted by atomic mass is 10.0. The van der Waals surface area contributed by atoms with Crippen molar-refractivity contribution in [3.05, 3.63) is 65.5 Å². The zero-order chi connectivity index (χ0) is 28.3. The van der Waals surface area contributed by atoms with E-state index >= 15 is 0 Å². The largest absolute Gasteiger partial charge is 0.352 e. The molecule has 4 nitrogen and oxygen atoms in total. The number of fused-ring (bicyclic) bond motifs is 1. The second kappa shape index (κ2) is 19.5. The molecule has 0 unspecified atom stereocenters. The molecular weight excluding hydrogens is 490 g/mol. The number of rotatable bonds is 22. The van der Waals surface area contributed by atoms with Crippen LogP contribution in [-0.2, 0) is 13.0 Å². The molecule has 3 aromatic rings. The summed E-state index contributed by atoms with van der Waals surface area (Å²) in [6, 6.07) is 16.2. The molecule has 4 heteroatoms. The molecule has 0 fully saturated rings. The third kappa shape index (κ3) is 11.5. The summed E-state index contributed by atoms with van der Waals surface area (Å²) in [6.45, 7) is 5.97. The highest BCUT2D eigenvalue weighted by Crippen LogP contribution is 2.19. The van der Waals surface area contributed by atoms with E-state index in [-0.39, 0.29) is 5.91 Å². The highest BCUT2D eigenvalue weighted by atomic mass is 16.1. The Labute approximate surface area is 244 Å². The number of aromatic nitrogens is 2. The molecule has 0 saturated heterocycles. The molecule has 40 heavy (non-hydrogen) atoms. The normalized spacial score (nSPS) is 11.3. The molecule has 0 aliphatic carbocycles. The smallest absolute Gasteiger partial charge is 0.251 e. The van der Waals surface area contributed by atoms with Gasteiger partial charge in [-0.05, 0) is 43.5 Å². The maximum Gasteiger partial charge on any atom is 0.251 e. The summed E-state index contributed by atoms with van der Waals surface area (Å²) < 4.78 is 2.42. The molecule has 1 amide bonds. The van der Waals surface area contributed by atoms with E-state index in [1.807, 2.05) is 31.2 Å². The van der Waals surface area contributed by atoms with Gasteiger partial charge in [0.05, 0.1) is 11.0 Å². The fourth-order valence-electron chi connectivity index (χ4n) is 5.76. The van der Waals surface area contributed by atoms with Gasteiger partial charge in [0.1, 0.15) is 5.82 Å². The molecule has 3 rings (SSSR count). The molecule has 0 radical (unpaired) electrons. The topological polar surface area (TPSA) is 46.9 Å². The lowest BCUT2D eigenvalue weighted by Crippen LogP contribution is -2.25. The number of unbranched alkanes of at least 4 members (excludes halogenated alkanes) is 15. The Kier molecular flexibility index (Phi) is 15.5. The van der Waals surface area contributed by atoms with Gasteiger partial charge in [0.15, 0.2) is 0 Å². The van der Waals surface area contributed by atoms with E-state index in [1.54, 1.807) is 0 Å². The fourth-order valence-corrected chi connectivity index (χ4v) is 5.76. The number of amides is 1. The first-order valence-electron chi connectivity index (χ1n) is 16.5. The highest BCUT2D eigenvalue weighted by Gasteiger charge is 2.11. The minimum atomic E-state index is 0.0137. The molecule has 1 N–H and O–H groups in total. The monoisotopic (exact) mass is 545 g/mol. The van der Waals surface area contributed by atoms with Crippen LogP contribution in [0.3, 0.4) is 0 Å². The van der Waals surface area contributed by atoms with E-state index in [9.17, 15) is 4.79 Å². The summed E-state index contributed by atoms with van der Waals surface area (Å²) in [5.41, 5.74) is 4.10. The van der Waals surface area contributed by atoms with Crippen LogP contribution in [0.25, 0.3) is 11.0 Å². The first-order chi connectivity index (χ1) is 19.7. The quantitative estimate of drug-likeness (QED) is 0.128. The van der Waals surface area contributed by atoms with Gasteiger partial charge in [-0.25, -0.2) is 4.98 Å². The van der Waals surface area contributed by atoms with Gasteiger partial charge in [-0.2, -0.15) is 0 Å². The van der Waals surface area contributed by atoms with Crippen molar-refractivity contribution >= 4 is 16.9 Å². The summed E-state index contributed by atoms with van der Waals surface area (Å²) in [4.78, 5) is 17.5. The van der Waals surface area contributed by atoms with Crippen LogP contribution in [0.15, 0.2) is 48.5 Å². The van der Waals surface area contributed by atoms with Crippen molar-refractivity contribution < 1.29 is 4.79 Å². The predicted molar refractivity (Wildman–Crippen MR) is 171 cm³/mol. The Hall–Kier alpha value is -2.62. The number of carbonyl (C=O) groups is 1. The summed E-state index contributed by atoms with van der Waals surface area (Å²) in [5, 5.41) is 3.09. The van der Waals surface area contributed by atoms with Gasteiger partial charge in [-0.15, -0.1) is 0 Å². The van der Waals surface area contributed by atoms with Crippen molar-refractivity contribution in [3.63, 3.8) is 0 Å². The maximum atomic E-state index is 12.5. The number of aryl methyl sites for hydroxylation is 3. The molecule has 1 aromatic heterocycles. The van der Waals surface area contributed by atoms with Crippen LogP contribution in [0.2, 0.25) is 0 Å². The average molecular weight is 546 g/mol. The minimum absolute atomic E-state index is 0.0137. The molecule has 0 saturated carbocycles. The number of benzene rings is 2. The standard InChI is InChI=1S/C36H55N3O/c1-3-4-5-6-7-8-9-10-11-12-13-14-15-16-17-22-30-39-34-27-21-20-26-33(34)38-35(39)28-23-29-37-36(40)32-25-19-18-24-31(32)2/h18-21,24-27H,3-17,22-23,28-30H2,1-2H3,(H,37,40). The Balaban J connectivity index is 1.28. The highest BCUT2D eigenvalue weighted by molar-refractivity contribution is 5.95. The van der Waals surface area contributed by atoms with Crippen LogP contribution >= 0.6 is 0 Å². The van der Waals surface area contributed by atoms with Crippen LogP contribution < -0.4 is 5.32 Å². The number of imidazole rings is 1. The van der Waals surface area contributed by atoms with E-state index < -0.39 is 0 Å². The number of para-hydroxylation sites is 2. The summed E-state index contributed by atoms with van der Waals surface area (Å²) in [7, 11) is 0. The molecular formula is C36H55N3O. The number of nitrogens with one attached hydrogen (secondary N) is 1. The fraction of sp³-hybridized carbons (Fsp3) is 0.611. The Morgan fingerprint density at radius 3 is 1.88 bits per heavy atom. The number of carbonyl (C=O) groups excluding carboxylic acids is 1. The molecule has 1 heterocycles. The summed E-state index contributed by atoms with van der Waals surface area (Å²) in [6.07, 6.45) is 24.0. The molecule has 2 aromatic carbocycles. The van der Waals surface area contributed by atoms with Gasteiger partial charge in [0.2, 0.25) is 0 Å². The number of hydrogen-bond acceptors (Lipinski definition) is 2. The average Bonchev–Trinajstić information content (AvgIpc) is 3.32. The molecule has 0 aliphatic rings. The van der Waals surface area contributed by atoms with E-state index in [1.165, 1.54) is 108 Å². The third-order valence-corrected chi connectivity index (χ3v) is 8.22.